The van der Waals surface area contributed by atoms with Crippen molar-refractivity contribution in [3.05, 3.63) is 59.7 Å². The van der Waals surface area contributed by atoms with Gasteiger partial charge in [0.15, 0.2) is 18.7 Å². The molecule has 0 saturated carbocycles. The molecule has 0 radical (unpaired) electrons. The van der Waals surface area contributed by atoms with Gasteiger partial charge in [0.05, 0.1) is 32.5 Å². The topological polar surface area (TPSA) is 220 Å². The van der Waals surface area contributed by atoms with Gasteiger partial charge in [0.2, 0.25) is 0 Å². The van der Waals surface area contributed by atoms with E-state index in [0.717, 1.165) is 24.3 Å². The number of aromatic hydroxyl groups is 2. The van der Waals surface area contributed by atoms with Crippen LogP contribution in [0, 0.1) is 0 Å². The van der Waals surface area contributed by atoms with E-state index < -0.39 is 68.4 Å². The Balaban J connectivity index is 1.77. The maximum absolute atomic E-state index is 11.6. The number of esters is 1. The Morgan fingerprint density at radius 1 is 0.929 bits per heavy atom. The molecule has 0 unspecified atom stereocenters. The predicted molar refractivity (Wildman–Crippen MR) is 147 cm³/mol. The Kier molecular flexibility index (Phi) is 12.8. The summed E-state index contributed by atoms with van der Waals surface area (Å²) in [5, 5.41) is 70.2. The summed E-state index contributed by atoms with van der Waals surface area (Å²) in [5.41, 5.74) is 1.47. The number of phenols is 2. The second-order valence-electron chi connectivity index (χ2n) is 9.44. The van der Waals surface area contributed by atoms with Crippen molar-refractivity contribution in [2.24, 2.45) is 9.98 Å². The van der Waals surface area contributed by atoms with E-state index in [2.05, 4.69) is 9.98 Å². The highest BCUT2D eigenvalue weighted by Gasteiger charge is 2.48. The number of aliphatic imine (C=N–C) groups is 2. The number of hydrogen-bond donors (Lipinski definition) is 7. The Labute approximate surface area is 241 Å². The number of carbonyl (C=O) groups excluding carboxylic acids is 1. The molecule has 1 aliphatic heterocycles. The monoisotopic (exact) mass is 592 g/mol. The minimum atomic E-state index is -1.71. The van der Waals surface area contributed by atoms with Crippen LogP contribution >= 0.6 is 0 Å². The van der Waals surface area contributed by atoms with E-state index >= 15 is 0 Å². The molecule has 1 saturated heterocycles. The van der Waals surface area contributed by atoms with Crippen molar-refractivity contribution in [1.29, 1.82) is 0 Å². The first-order valence-corrected chi connectivity index (χ1v) is 13.1. The van der Waals surface area contributed by atoms with Crippen molar-refractivity contribution in [2.45, 2.75) is 69.2 Å². The summed E-state index contributed by atoms with van der Waals surface area (Å²) in [6, 6.07) is 12.5. The van der Waals surface area contributed by atoms with Gasteiger partial charge in [0, 0.05) is 13.1 Å². The van der Waals surface area contributed by atoms with Crippen molar-refractivity contribution >= 4 is 18.4 Å². The van der Waals surface area contributed by atoms with Gasteiger partial charge in [-0.1, -0.05) is 24.3 Å². The molecule has 0 aliphatic carbocycles. The summed E-state index contributed by atoms with van der Waals surface area (Å²) in [7, 11) is 0. The van der Waals surface area contributed by atoms with E-state index in [1.807, 2.05) is 0 Å². The van der Waals surface area contributed by atoms with Crippen molar-refractivity contribution in [2.75, 3.05) is 13.2 Å². The van der Waals surface area contributed by atoms with Crippen LogP contribution in [0.25, 0.3) is 0 Å². The molecule has 0 amide bonds. The molecule has 8 atom stereocenters. The van der Waals surface area contributed by atoms with E-state index in [4.69, 9.17) is 18.9 Å². The number of ether oxygens (including phenoxy) is 4. The third kappa shape index (κ3) is 9.82. The standard InChI is InChI=1S/C28H36N2O12/c1-16(33)39-27-25(37)23(15-32)42-28(26(27)38)41-21(12-29-10-17-2-6-19(34)7-3-17)22(14-31)40-24(36)13-30-11-18-4-8-20(35)9-5-18/h2-9,12-13,21-28,31-32,34-38H,10-11,14-15H2,1H3/t21-,22+,23-,24+,25+,26-,27+,28-/m1/s1. The number of benzene rings is 2. The zero-order valence-electron chi connectivity index (χ0n) is 22.8. The highest BCUT2D eigenvalue weighted by molar-refractivity contribution is 5.66. The lowest BCUT2D eigenvalue weighted by atomic mass is 9.99. The smallest absolute Gasteiger partial charge is 0.303 e. The molecule has 3 rings (SSSR count). The fourth-order valence-corrected chi connectivity index (χ4v) is 4.02. The zero-order chi connectivity index (χ0) is 30.6. The highest BCUT2D eigenvalue weighted by atomic mass is 16.7. The van der Waals surface area contributed by atoms with Gasteiger partial charge < -0.3 is 54.7 Å². The molecule has 1 fully saturated rings. The van der Waals surface area contributed by atoms with Crippen LogP contribution in [-0.2, 0) is 36.8 Å². The molecule has 2 aromatic carbocycles. The molecular weight excluding hydrogens is 556 g/mol. The average molecular weight is 593 g/mol. The number of rotatable bonds is 14. The van der Waals surface area contributed by atoms with E-state index in [-0.39, 0.29) is 24.6 Å². The quantitative estimate of drug-likeness (QED) is 0.0830. The van der Waals surface area contributed by atoms with Crippen LogP contribution < -0.4 is 0 Å². The molecule has 0 bridgehead atoms. The normalized spacial score (nSPS) is 25.0. The number of nitrogens with zero attached hydrogens (tertiary/aromatic N) is 2. The van der Waals surface area contributed by atoms with Gasteiger partial charge in [0.1, 0.15) is 42.0 Å². The lowest BCUT2D eigenvalue weighted by molar-refractivity contribution is -0.315. The molecule has 2 aromatic rings. The molecule has 14 heteroatoms. The molecule has 14 nitrogen and oxygen atoms in total. The fraction of sp³-hybridized carbons (Fsp3) is 0.464. The van der Waals surface area contributed by atoms with Crippen molar-refractivity contribution in [3.8, 4) is 11.5 Å². The van der Waals surface area contributed by atoms with E-state index in [0.29, 0.717) is 0 Å². The molecule has 42 heavy (non-hydrogen) atoms. The van der Waals surface area contributed by atoms with Gasteiger partial charge in [-0.15, -0.1) is 0 Å². The SMILES string of the molecule is CC(=O)O[C@H]1[C@@H](O)[C@@H](CO)O[C@@H](O[C@H](C=NCc2ccc(O)cc2)[C@H](CO)O[C@H](O)C=NCc2ccc(O)cc2)[C@@H]1O. The predicted octanol–water partition coefficient (Wildman–Crippen LogP) is -0.609. The molecule has 7 N–H and O–H groups in total. The third-order valence-electron chi connectivity index (χ3n) is 6.18. The maximum Gasteiger partial charge on any atom is 0.303 e. The summed E-state index contributed by atoms with van der Waals surface area (Å²) < 4.78 is 21.9. The second-order valence-corrected chi connectivity index (χ2v) is 9.44. The first-order valence-electron chi connectivity index (χ1n) is 13.1. The Morgan fingerprint density at radius 3 is 1.98 bits per heavy atom. The largest absolute Gasteiger partial charge is 0.508 e. The highest BCUT2D eigenvalue weighted by Crippen LogP contribution is 2.26. The van der Waals surface area contributed by atoms with Crippen molar-refractivity contribution < 1.29 is 59.5 Å². The number of aliphatic hydroxyl groups is 5. The average Bonchev–Trinajstić information content (AvgIpc) is 2.96. The van der Waals surface area contributed by atoms with Gasteiger partial charge >= 0.3 is 5.97 Å². The molecule has 0 aromatic heterocycles. The Hall–Kier alpha value is -3.47. The van der Waals surface area contributed by atoms with Gasteiger partial charge in [-0.2, -0.15) is 0 Å². The van der Waals surface area contributed by atoms with Crippen molar-refractivity contribution in [3.63, 3.8) is 0 Å². The van der Waals surface area contributed by atoms with Crippen molar-refractivity contribution in [1.82, 2.24) is 0 Å². The second kappa shape index (κ2) is 16.2. The minimum Gasteiger partial charge on any atom is -0.508 e. The Bertz CT molecular complexity index is 1160. The number of phenolic OH excluding ortho intramolecular Hbond substituents is 2. The van der Waals surface area contributed by atoms with Gasteiger partial charge in [-0.3, -0.25) is 14.8 Å². The van der Waals surface area contributed by atoms with E-state index in [1.54, 1.807) is 24.3 Å². The third-order valence-corrected chi connectivity index (χ3v) is 6.18. The number of carbonyl (C=O) groups is 1. The summed E-state index contributed by atoms with van der Waals surface area (Å²) in [6.07, 6.45) is -9.46. The first-order chi connectivity index (χ1) is 20.1. The first kappa shape index (κ1) is 33.0. The maximum atomic E-state index is 11.6. The summed E-state index contributed by atoms with van der Waals surface area (Å²) in [5.74, 6) is -0.625. The summed E-state index contributed by atoms with van der Waals surface area (Å²) in [4.78, 5) is 19.9. The van der Waals surface area contributed by atoms with Gasteiger partial charge in [0.25, 0.3) is 0 Å². The molecule has 1 aliphatic rings. The Morgan fingerprint density at radius 2 is 1.48 bits per heavy atom. The summed E-state index contributed by atoms with van der Waals surface area (Å²) in [6.45, 7) is -0.0138. The molecule has 230 valence electrons. The van der Waals surface area contributed by atoms with Crippen LogP contribution in [0.2, 0.25) is 0 Å². The van der Waals surface area contributed by atoms with E-state index in [9.17, 15) is 40.5 Å². The summed E-state index contributed by atoms with van der Waals surface area (Å²) >= 11 is 0. The fourth-order valence-electron chi connectivity index (χ4n) is 4.02. The van der Waals surface area contributed by atoms with E-state index in [1.165, 1.54) is 30.5 Å². The minimum absolute atomic E-state index is 0.0742. The van der Waals surface area contributed by atoms with Crippen LogP contribution in [-0.4, -0.2) is 117 Å². The van der Waals surface area contributed by atoms with Crippen LogP contribution in [0.15, 0.2) is 58.5 Å². The lowest BCUT2D eigenvalue weighted by Crippen LogP contribution is -2.61. The zero-order valence-corrected chi connectivity index (χ0v) is 22.8. The van der Waals surface area contributed by atoms with Gasteiger partial charge in [-0.05, 0) is 35.4 Å². The van der Waals surface area contributed by atoms with Gasteiger partial charge in [-0.25, -0.2) is 0 Å². The van der Waals surface area contributed by atoms with Crippen LogP contribution in [0.3, 0.4) is 0 Å². The van der Waals surface area contributed by atoms with Crippen LogP contribution in [0.1, 0.15) is 18.1 Å². The lowest BCUT2D eigenvalue weighted by Gasteiger charge is -2.42. The van der Waals surface area contributed by atoms with Crippen LogP contribution in [0.4, 0.5) is 0 Å². The molecule has 1 heterocycles. The number of hydrogen-bond acceptors (Lipinski definition) is 14. The molecular formula is C28H36N2O12. The molecule has 0 spiro atoms. The van der Waals surface area contributed by atoms with Crippen LogP contribution in [0.5, 0.6) is 11.5 Å². The number of aliphatic hydroxyl groups excluding tert-OH is 5.